The van der Waals surface area contributed by atoms with Gasteiger partial charge in [-0.05, 0) is 30.7 Å². The number of amides is 2. The first-order chi connectivity index (χ1) is 12.2. The number of aromatic nitrogens is 2. The number of nitrogens with one attached hydrogen (secondary N) is 3. The number of fused-ring (bicyclic) bond motifs is 1. The van der Waals surface area contributed by atoms with Crippen molar-refractivity contribution in [2.75, 3.05) is 11.9 Å². The van der Waals surface area contributed by atoms with Gasteiger partial charge in [0.15, 0.2) is 0 Å². The molecular formula is C19H18N4O2. The van der Waals surface area contributed by atoms with Gasteiger partial charge in [-0.2, -0.15) is 0 Å². The minimum atomic E-state index is -0.274. The van der Waals surface area contributed by atoms with Crippen LogP contribution in [0.3, 0.4) is 0 Å². The molecule has 3 N–H and O–H groups in total. The second kappa shape index (κ2) is 6.39. The van der Waals surface area contributed by atoms with E-state index in [2.05, 4.69) is 20.6 Å². The Hall–Kier alpha value is -3.15. The molecule has 0 bridgehead atoms. The van der Waals surface area contributed by atoms with Gasteiger partial charge < -0.3 is 15.6 Å². The van der Waals surface area contributed by atoms with Gasteiger partial charge in [-0.15, -0.1) is 0 Å². The standard InChI is InChI=1S/C19H18N4O2/c24-17-11-13(8-9-20-17)19(25)21-14-5-3-4-12(10-14)18-22-15-6-1-2-7-16(15)23-18/h1-7,10,13H,8-9,11H2,(H,20,24)(H,21,25)(H,22,23). The van der Waals surface area contributed by atoms with Crippen molar-refractivity contribution in [2.24, 2.45) is 5.92 Å². The maximum Gasteiger partial charge on any atom is 0.228 e. The van der Waals surface area contributed by atoms with E-state index in [1.807, 2.05) is 48.5 Å². The van der Waals surface area contributed by atoms with E-state index in [1.165, 1.54) is 0 Å². The SMILES string of the molecule is O=C1CC(C(=O)Nc2cccc(-c3nc4ccccc4[nH]3)c2)CCN1. The molecule has 1 fully saturated rings. The summed E-state index contributed by atoms with van der Waals surface area (Å²) in [7, 11) is 0. The number of para-hydroxylation sites is 2. The first-order valence-corrected chi connectivity index (χ1v) is 8.32. The van der Waals surface area contributed by atoms with Crippen molar-refractivity contribution in [2.45, 2.75) is 12.8 Å². The fourth-order valence-electron chi connectivity index (χ4n) is 3.09. The molecule has 4 rings (SSSR count). The van der Waals surface area contributed by atoms with Gasteiger partial charge in [0.2, 0.25) is 11.8 Å². The van der Waals surface area contributed by atoms with Gasteiger partial charge in [0, 0.05) is 30.1 Å². The highest BCUT2D eigenvalue weighted by Crippen LogP contribution is 2.24. The topological polar surface area (TPSA) is 86.9 Å². The molecule has 1 atom stereocenters. The number of piperidine rings is 1. The molecule has 1 aliphatic rings. The van der Waals surface area contributed by atoms with Crippen molar-refractivity contribution in [3.8, 4) is 11.4 Å². The maximum absolute atomic E-state index is 12.4. The van der Waals surface area contributed by atoms with E-state index in [0.717, 1.165) is 22.4 Å². The lowest BCUT2D eigenvalue weighted by atomic mass is 9.96. The highest BCUT2D eigenvalue weighted by molar-refractivity contribution is 5.96. The normalized spacial score (nSPS) is 17.3. The lowest BCUT2D eigenvalue weighted by Crippen LogP contribution is -2.38. The van der Waals surface area contributed by atoms with Crippen LogP contribution >= 0.6 is 0 Å². The van der Waals surface area contributed by atoms with E-state index in [-0.39, 0.29) is 24.2 Å². The number of aromatic amines is 1. The minimum absolute atomic E-state index is 0.0672. The molecule has 25 heavy (non-hydrogen) atoms. The highest BCUT2D eigenvalue weighted by atomic mass is 16.2. The van der Waals surface area contributed by atoms with Crippen molar-refractivity contribution in [3.63, 3.8) is 0 Å². The molecule has 1 unspecified atom stereocenters. The number of anilines is 1. The molecule has 1 aliphatic heterocycles. The Bertz CT molecular complexity index is 914. The quantitative estimate of drug-likeness (QED) is 0.688. The third-order valence-electron chi connectivity index (χ3n) is 4.41. The second-order valence-electron chi connectivity index (χ2n) is 6.21. The molecule has 2 heterocycles. The smallest absolute Gasteiger partial charge is 0.228 e. The summed E-state index contributed by atoms with van der Waals surface area (Å²) < 4.78 is 0. The van der Waals surface area contributed by atoms with E-state index in [1.54, 1.807) is 0 Å². The number of H-pyrrole nitrogens is 1. The molecule has 0 saturated carbocycles. The fourth-order valence-corrected chi connectivity index (χ4v) is 3.09. The molecule has 6 heteroatoms. The number of rotatable bonds is 3. The van der Waals surface area contributed by atoms with Crippen LogP contribution in [-0.4, -0.2) is 28.3 Å². The van der Waals surface area contributed by atoms with Crippen molar-refractivity contribution in [1.82, 2.24) is 15.3 Å². The molecule has 0 radical (unpaired) electrons. The van der Waals surface area contributed by atoms with Crippen LogP contribution in [0.15, 0.2) is 48.5 Å². The second-order valence-corrected chi connectivity index (χ2v) is 6.21. The van der Waals surface area contributed by atoms with Crippen LogP contribution in [0.2, 0.25) is 0 Å². The monoisotopic (exact) mass is 334 g/mol. The Balaban J connectivity index is 1.55. The van der Waals surface area contributed by atoms with Crippen LogP contribution in [-0.2, 0) is 9.59 Å². The summed E-state index contributed by atoms with van der Waals surface area (Å²) in [6, 6.07) is 15.4. The third kappa shape index (κ3) is 3.24. The Morgan fingerprint density at radius 1 is 1.16 bits per heavy atom. The van der Waals surface area contributed by atoms with Gasteiger partial charge in [-0.1, -0.05) is 24.3 Å². The van der Waals surface area contributed by atoms with Crippen molar-refractivity contribution < 1.29 is 9.59 Å². The molecule has 3 aromatic rings. The van der Waals surface area contributed by atoms with Gasteiger partial charge in [-0.3, -0.25) is 9.59 Å². The summed E-state index contributed by atoms with van der Waals surface area (Å²) in [5, 5.41) is 5.66. The number of hydrogen-bond acceptors (Lipinski definition) is 3. The highest BCUT2D eigenvalue weighted by Gasteiger charge is 2.25. The van der Waals surface area contributed by atoms with Gasteiger partial charge in [0.05, 0.1) is 11.0 Å². The van der Waals surface area contributed by atoms with E-state index >= 15 is 0 Å². The summed E-state index contributed by atoms with van der Waals surface area (Å²) in [5.74, 6) is 0.303. The summed E-state index contributed by atoms with van der Waals surface area (Å²) in [4.78, 5) is 31.7. The lowest BCUT2D eigenvalue weighted by Gasteiger charge is -2.21. The third-order valence-corrected chi connectivity index (χ3v) is 4.41. The van der Waals surface area contributed by atoms with Gasteiger partial charge in [0.25, 0.3) is 0 Å². The Kier molecular flexibility index (Phi) is 3.93. The number of nitrogens with zero attached hydrogens (tertiary/aromatic N) is 1. The number of hydrogen-bond donors (Lipinski definition) is 3. The van der Waals surface area contributed by atoms with Crippen LogP contribution < -0.4 is 10.6 Å². The number of benzene rings is 2. The summed E-state index contributed by atoms with van der Waals surface area (Å²) in [6.07, 6.45) is 0.913. The number of imidazole rings is 1. The zero-order valence-corrected chi connectivity index (χ0v) is 13.6. The average Bonchev–Trinajstić information content (AvgIpc) is 3.06. The zero-order chi connectivity index (χ0) is 17.2. The molecule has 0 spiro atoms. The minimum Gasteiger partial charge on any atom is -0.356 e. The molecule has 126 valence electrons. The Morgan fingerprint density at radius 2 is 2.04 bits per heavy atom. The predicted octanol–water partition coefficient (Wildman–Crippen LogP) is 2.69. The molecule has 2 amide bonds. The first kappa shape index (κ1) is 15.4. The molecule has 1 aromatic heterocycles. The summed E-state index contributed by atoms with van der Waals surface area (Å²) in [6.45, 7) is 0.552. The summed E-state index contributed by atoms with van der Waals surface area (Å²) in [5.41, 5.74) is 3.48. The predicted molar refractivity (Wildman–Crippen MR) is 95.9 cm³/mol. The number of carbonyl (C=O) groups is 2. The largest absolute Gasteiger partial charge is 0.356 e. The van der Waals surface area contributed by atoms with E-state index in [4.69, 9.17) is 0 Å². The van der Waals surface area contributed by atoms with Crippen LogP contribution in [0.25, 0.3) is 22.4 Å². The zero-order valence-electron chi connectivity index (χ0n) is 13.6. The van der Waals surface area contributed by atoms with Crippen molar-refractivity contribution >= 4 is 28.5 Å². The van der Waals surface area contributed by atoms with Gasteiger partial charge in [-0.25, -0.2) is 4.98 Å². The Morgan fingerprint density at radius 3 is 2.88 bits per heavy atom. The average molecular weight is 334 g/mol. The molecule has 2 aromatic carbocycles. The maximum atomic E-state index is 12.4. The van der Waals surface area contributed by atoms with Gasteiger partial charge in [0.1, 0.15) is 5.82 Å². The molecule has 1 saturated heterocycles. The molecule has 6 nitrogen and oxygen atoms in total. The van der Waals surface area contributed by atoms with Crippen LogP contribution in [0.4, 0.5) is 5.69 Å². The lowest BCUT2D eigenvalue weighted by molar-refractivity contribution is -0.129. The van der Waals surface area contributed by atoms with Crippen LogP contribution in [0.1, 0.15) is 12.8 Å². The number of carbonyl (C=O) groups excluding carboxylic acids is 2. The summed E-state index contributed by atoms with van der Waals surface area (Å²) >= 11 is 0. The molecular weight excluding hydrogens is 316 g/mol. The Labute approximate surface area is 144 Å². The van der Waals surface area contributed by atoms with Crippen molar-refractivity contribution in [3.05, 3.63) is 48.5 Å². The van der Waals surface area contributed by atoms with Crippen LogP contribution in [0, 0.1) is 5.92 Å². The van der Waals surface area contributed by atoms with E-state index < -0.39 is 0 Å². The molecule has 0 aliphatic carbocycles. The van der Waals surface area contributed by atoms with Crippen LogP contribution in [0.5, 0.6) is 0 Å². The van der Waals surface area contributed by atoms with E-state index in [0.29, 0.717) is 18.7 Å². The van der Waals surface area contributed by atoms with E-state index in [9.17, 15) is 9.59 Å². The fraction of sp³-hybridized carbons (Fsp3) is 0.211. The van der Waals surface area contributed by atoms with Crippen molar-refractivity contribution in [1.29, 1.82) is 0 Å². The van der Waals surface area contributed by atoms with Gasteiger partial charge >= 0.3 is 0 Å². The first-order valence-electron chi connectivity index (χ1n) is 8.32.